The zero-order valence-corrected chi connectivity index (χ0v) is 16.5. The summed E-state index contributed by atoms with van der Waals surface area (Å²) in [4.78, 5) is 0. The summed E-state index contributed by atoms with van der Waals surface area (Å²) >= 11 is 0. The Bertz CT molecular complexity index is 710. The predicted molar refractivity (Wildman–Crippen MR) is 111 cm³/mol. The minimum absolute atomic E-state index is 0.196. The van der Waals surface area contributed by atoms with Gasteiger partial charge in [-0.25, -0.2) is 0 Å². The molecule has 0 bridgehead atoms. The molecule has 0 spiro atoms. The van der Waals surface area contributed by atoms with Gasteiger partial charge in [-0.1, -0.05) is 86.8 Å². The SMILES string of the molecule is CCC1C(c2ccccc2)NC(c2ccccc2)CC1(O)C1CCCCC1. The Morgan fingerprint density at radius 1 is 0.889 bits per heavy atom. The molecule has 4 atom stereocenters. The van der Waals surface area contributed by atoms with Crippen LogP contribution in [0.1, 0.15) is 75.1 Å². The zero-order chi connectivity index (χ0) is 18.7. The van der Waals surface area contributed by atoms with Crippen molar-refractivity contribution in [2.45, 2.75) is 69.6 Å². The van der Waals surface area contributed by atoms with Crippen LogP contribution in [0.15, 0.2) is 60.7 Å². The first-order chi connectivity index (χ1) is 13.2. The van der Waals surface area contributed by atoms with Crippen LogP contribution in [-0.2, 0) is 0 Å². The molecule has 0 aromatic heterocycles. The number of nitrogens with one attached hydrogen (secondary N) is 1. The van der Waals surface area contributed by atoms with E-state index in [0.29, 0.717) is 5.92 Å². The number of piperidine rings is 1. The summed E-state index contributed by atoms with van der Waals surface area (Å²) in [5.41, 5.74) is 2.00. The minimum atomic E-state index is -0.596. The lowest BCUT2D eigenvalue weighted by Gasteiger charge is -2.53. The van der Waals surface area contributed by atoms with Gasteiger partial charge in [0, 0.05) is 18.0 Å². The predicted octanol–water partition coefficient (Wildman–Crippen LogP) is 5.80. The van der Waals surface area contributed by atoms with Crippen LogP contribution in [-0.4, -0.2) is 10.7 Å². The number of aliphatic hydroxyl groups is 1. The van der Waals surface area contributed by atoms with E-state index in [4.69, 9.17) is 0 Å². The summed E-state index contributed by atoms with van der Waals surface area (Å²) < 4.78 is 0. The summed E-state index contributed by atoms with van der Waals surface area (Å²) in [7, 11) is 0. The lowest BCUT2D eigenvalue weighted by Crippen LogP contribution is -2.57. The highest BCUT2D eigenvalue weighted by Gasteiger charge is 2.51. The molecule has 2 heteroatoms. The molecule has 1 saturated carbocycles. The smallest absolute Gasteiger partial charge is 0.0740 e. The molecule has 2 nitrogen and oxygen atoms in total. The van der Waals surface area contributed by atoms with Gasteiger partial charge >= 0.3 is 0 Å². The molecule has 1 heterocycles. The van der Waals surface area contributed by atoms with E-state index in [-0.39, 0.29) is 18.0 Å². The Morgan fingerprint density at radius 3 is 2.07 bits per heavy atom. The number of rotatable bonds is 4. The third kappa shape index (κ3) is 3.70. The third-order valence-corrected chi connectivity index (χ3v) is 7.07. The van der Waals surface area contributed by atoms with E-state index < -0.39 is 5.60 Å². The second kappa shape index (κ2) is 8.16. The minimum Gasteiger partial charge on any atom is -0.389 e. The molecule has 2 N–H and O–H groups in total. The van der Waals surface area contributed by atoms with Crippen molar-refractivity contribution in [1.82, 2.24) is 5.32 Å². The fourth-order valence-corrected chi connectivity index (χ4v) is 5.71. The zero-order valence-electron chi connectivity index (χ0n) is 16.5. The van der Waals surface area contributed by atoms with Gasteiger partial charge in [-0.3, -0.25) is 0 Å². The van der Waals surface area contributed by atoms with Crippen LogP contribution in [0.4, 0.5) is 0 Å². The maximum absolute atomic E-state index is 12.2. The fraction of sp³-hybridized carbons (Fsp3) is 0.520. The molecule has 1 saturated heterocycles. The maximum Gasteiger partial charge on any atom is 0.0740 e. The quantitative estimate of drug-likeness (QED) is 0.719. The van der Waals surface area contributed by atoms with E-state index in [2.05, 4.69) is 72.9 Å². The molecule has 2 aromatic carbocycles. The van der Waals surface area contributed by atoms with Crippen LogP contribution in [0.5, 0.6) is 0 Å². The number of benzene rings is 2. The van der Waals surface area contributed by atoms with Crippen molar-refractivity contribution in [3.63, 3.8) is 0 Å². The summed E-state index contributed by atoms with van der Waals surface area (Å²) in [6, 6.07) is 21.8. The van der Waals surface area contributed by atoms with Gasteiger partial charge in [-0.2, -0.15) is 0 Å². The first kappa shape index (κ1) is 18.7. The second-order valence-electron chi connectivity index (χ2n) is 8.56. The Balaban J connectivity index is 1.73. The summed E-state index contributed by atoms with van der Waals surface area (Å²) in [6.45, 7) is 2.25. The number of hydrogen-bond donors (Lipinski definition) is 2. The molecule has 4 rings (SSSR count). The van der Waals surface area contributed by atoms with Crippen molar-refractivity contribution in [2.75, 3.05) is 0 Å². The topological polar surface area (TPSA) is 32.3 Å². The van der Waals surface area contributed by atoms with Crippen LogP contribution in [0.2, 0.25) is 0 Å². The average molecular weight is 364 g/mol. The van der Waals surface area contributed by atoms with Crippen LogP contribution in [0.3, 0.4) is 0 Å². The van der Waals surface area contributed by atoms with Gasteiger partial charge in [0.25, 0.3) is 0 Å². The van der Waals surface area contributed by atoms with E-state index in [1.165, 1.54) is 43.2 Å². The Labute approximate surface area is 164 Å². The molecule has 0 radical (unpaired) electrons. The van der Waals surface area contributed by atoms with E-state index in [1.807, 2.05) is 0 Å². The summed E-state index contributed by atoms with van der Waals surface area (Å²) in [5, 5.41) is 16.1. The Kier molecular flexibility index (Phi) is 5.66. The van der Waals surface area contributed by atoms with E-state index in [9.17, 15) is 5.11 Å². The first-order valence-electron chi connectivity index (χ1n) is 10.8. The standard InChI is InChI=1S/C25H33NO/c1-2-22-24(20-14-8-4-9-15-20)26-23(19-12-6-3-7-13-19)18-25(22,27)21-16-10-5-11-17-21/h3-4,6-9,12-15,21-24,26-27H,2,5,10-11,16-18H2,1H3. The van der Waals surface area contributed by atoms with Crippen molar-refractivity contribution in [1.29, 1.82) is 0 Å². The van der Waals surface area contributed by atoms with Crippen LogP contribution in [0.25, 0.3) is 0 Å². The summed E-state index contributed by atoms with van der Waals surface area (Å²) in [6.07, 6.45) is 8.04. The molecule has 1 aliphatic heterocycles. The number of hydrogen-bond acceptors (Lipinski definition) is 2. The summed E-state index contributed by atoms with van der Waals surface area (Å²) in [5.74, 6) is 0.679. The molecule has 4 unspecified atom stereocenters. The van der Waals surface area contributed by atoms with E-state index in [0.717, 1.165) is 12.8 Å². The fourth-order valence-electron chi connectivity index (χ4n) is 5.71. The van der Waals surface area contributed by atoms with Gasteiger partial charge in [0.05, 0.1) is 5.60 Å². The maximum atomic E-state index is 12.2. The molecule has 144 valence electrons. The van der Waals surface area contributed by atoms with Crippen molar-refractivity contribution in [3.8, 4) is 0 Å². The van der Waals surface area contributed by atoms with Crippen molar-refractivity contribution in [2.24, 2.45) is 11.8 Å². The van der Waals surface area contributed by atoms with Crippen LogP contribution in [0, 0.1) is 11.8 Å². The Hall–Kier alpha value is -1.64. The molecule has 2 fully saturated rings. The van der Waals surface area contributed by atoms with Crippen LogP contribution < -0.4 is 5.32 Å². The molecule has 2 aliphatic rings. The van der Waals surface area contributed by atoms with Crippen molar-refractivity contribution in [3.05, 3.63) is 71.8 Å². The van der Waals surface area contributed by atoms with Gasteiger partial charge in [0.1, 0.15) is 0 Å². The van der Waals surface area contributed by atoms with Gasteiger partial charge in [-0.15, -0.1) is 0 Å². The monoisotopic (exact) mass is 363 g/mol. The lowest BCUT2D eigenvalue weighted by molar-refractivity contribution is -0.126. The van der Waals surface area contributed by atoms with Crippen molar-refractivity contribution >= 4 is 0 Å². The first-order valence-corrected chi connectivity index (χ1v) is 10.8. The largest absolute Gasteiger partial charge is 0.389 e. The van der Waals surface area contributed by atoms with Crippen molar-refractivity contribution < 1.29 is 5.11 Å². The van der Waals surface area contributed by atoms with Gasteiger partial charge in [-0.05, 0) is 42.7 Å². The molecule has 27 heavy (non-hydrogen) atoms. The molecular weight excluding hydrogens is 330 g/mol. The van der Waals surface area contributed by atoms with Gasteiger partial charge in [0.2, 0.25) is 0 Å². The van der Waals surface area contributed by atoms with Gasteiger partial charge in [0.15, 0.2) is 0 Å². The van der Waals surface area contributed by atoms with Gasteiger partial charge < -0.3 is 10.4 Å². The van der Waals surface area contributed by atoms with E-state index >= 15 is 0 Å². The highest BCUT2D eigenvalue weighted by molar-refractivity contribution is 5.27. The highest BCUT2D eigenvalue weighted by atomic mass is 16.3. The third-order valence-electron chi connectivity index (χ3n) is 7.07. The van der Waals surface area contributed by atoms with E-state index in [1.54, 1.807) is 0 Å². The lowest BCUT2D eigenvalue weighted by atomic mass is 9.61. The molecule has 2 aromatic rings. The highest BCUT2D eigenvalue weighted by Crippen LogP contribution is 2.51. The van der Waals surface area contributed by atoms with Crippen LogP contribution >= 0.6 is 0 Å². The normalized spacial score (nSPS) is 32.3. The molecule has 0 amide bonds. The second-order valence-corrected chi connectivity index (χ2v) is 8.56. The molecule has 1 aliphatic carbocycles. The molecular formula is C25H33NO. The average Bonchev–Trinajstić information content (AvgIpc) is 2.75. The Morgan fingerprint density at radius 2 is 1.48 bits per heavy atom.